The molecule has 1 saturated carbocycles. The third-order valence-electron chi connectivity index (χ3n) is 12.5. The molecule has 11 rings (SSSR count). The van der Waals surface area contributed by atoms with Gasteiger partial charge in [0.15, 0.2) is 0 Å². The zero-order valence-corrected chi connectivity index (χ0v) is 32.4. The molecule has 1 aliphatic rings. The summed E-state index contributed by atoms with van der Waals surface area (Å²) in [6.07, 6.45) is 6.44. The Kier molecular flexibility index (Phi) is 8.62. The molecule has 9 aromatic carbocycles. The molecule has 1 heterocycles. The van der Waals surface area contributed by atoms with E-state index < -0.39 is 0 Å². The van der Waals surface area contributed by atoms with Gasteiger partial charge in [0.05, 0.1) is 17.1 Å². The molecule has 0 aliphatic heterocycles. The molecule has 0 saturated heterocycles. The number of fused-ring (bicyclic) bond motifs is 5. The summed E-state index contributed by atoms with van der Waals surface area (Å²) in [7, 11) is 0. The van der Waals surface area contributed by atoms with E-state index in [1.807, 2.05) is 6.07 Å². The molecule has 1 aliphatic carbocycles. The second kappa shape index (κ2) is 14.6. The molecule has 1 fully saturated rings. The fraction of sp³-hybridized carbons (Fsp3) is 0.107. The number of nitrogens with zero attached hydrogens (tertiary/aromatic N) is 1. The van der Waals surface area contributed by atoms with Gasteiger partial charge in [-0.2, -0.15) is 0 Å². The minimum atomic E-state index is 0.569. The van der Waals surface area contributed by atoms with Gasteiger partial charge in [0.2, 0.25) is 0 Å². The first-order valence-electron chi connectivity index (χ1n) is 20.8. The lowest BCUT2D eigenvalue weighted by Gasteiger charge is -2.32. The van der Waals surface area contributed by atoms with E-state index in [0.29, 0.717) is 5.92 Å². The summed E-state index contributed by atoms with van der Waals surface area (Å²) in [5, 5.41) is 7.40. The Bertz CT molecular complexity index is 3120. The normalized spacial score (nSPS) is 13.4. The Morgan fingerprint density at radius 3 is 1.52 bits per heavy atom. The van der Waals surface area contributed by atoms with E-state index in [2.05, 4.69) is 193 Å². The molecule has 0 spiro atoms. The first kappa shape index (κ1) is 34.4. The fourth-order valence-electron chi connectivity index (χ4n) is 9.89. The van der Waals surface area contributed by atoms with Crippen LogP contribution in [0.2, 0.25) is 0 Å². The van der Waals surface area contributed by atoms with Crippen LogP contribution in [0.25, 0.3) is 76.9 Å². The van der Waals surface area contributed by atoms with E-state index >= 15 is 0 Å². The van der Waals surface area contributed by atoms with Crippen molar-refractivity contribution in [2.24, 2.45) is 0 Å². The summed E-state index contributed by atoms with van der Waals surface area (Å²) in [5.41, 5.74) is 13.8. The van der Waals surface area contributed by atoms with Gasteiger partial charge in [0, 0.05) is 27.5 Å². The molecule has 2 heteroatoms. The molecule has 1 aromatic heterocycles. The molecule has 58 heavy (non-hydrogen) atoms. The van der Waals surface area contributed by atoms with Crippen LogP contribution in [-0.4, -0.2) is 0 Å². The van der Waals surface area contributed by atoms with Crippen molar-refractivity contribution in [1.82, 2.24) is 0 Å². The summed E-state index contributed by atoms with van der Waals surface area (Å²) >= 11 is 0. The maximum absolute atomic E-state index is 6.47. The third-order valence-corrected chi connectivity index (χ3v) is 12.5. The average molecular weight is 746 g/mol. The molecule has 0 atom stereocenters. The second-order valence-electron chi connectivity index (χ2n) is 15.8. The number of furan rings is 1. The molecule has 278 valence electrons. The minimum Gasteiger partial charge on any atom is -0.456 e. The Hall–Kier alpha value is -6.90. The van der Waals surface area contributed by atoms with Crippen molar-refractivity contribution < 1.29 is 4.42 Å². The molecule has 2 nitrogen and oxygen atoms in total. The maximum Gasteiger partial charge on any atom is 0.136 e. The van der Waals surface area contributed by atoms with Crippen molar-refractivity contribution in [2.45, 2.75) is 38.0 Å². The van der Waals surface area contributed by atoms with Crippen molar-refractivity contribution >= 4 is 60.5 Å². The van der Waals surface area contributed by atoms with Gasteiger partial charge in [-0.15, -0.1) is 0 Å². The van der Waals surface area contributed by atoms with Crippen LogP contribution in [-0.2, 0) is 0 Å². The van der Waals surface area contributed by atoms with E-state index in [9.17, 15) is 0 Å². The summed E-state index contributed by atoms with van der Waals surface area (Å²) in [6.45, 7) is 0. The zero-order valence-electron chi connectivity index (χ0n) is 32.4. The molecule has 10 aromatic rings. The molecular formula is C56H43NO. The number of hydrogen-bond donors (Lipinski definition) is 0. The van der Waals surface area contributed by atoms with E-state index in [-0.39, 0.29) is 0 Å². The first-order valence-corrected chi connectivity index (χ1v) is 20.8. The molecule has 0 bridgehead atoms. The van der Waals surface area contributed by atoms with Crippen LogP contribution < -0.4 is 4.90 Å². The number of rotatable bonds is 7. The SMILES string of the molecule is c1ccc(N(c2ccccc2-c2cccc3cccc(C4CCCCC4)c23)c2ccccc2-c2cccc3oc4ccccc4c23)c(-c2cccc3ccccc23)c1. The number of hydrogen-bond acceptors (Lipinski definition) is 2. The number of para-hydroxylation sites is 4. The summed E-state index contributed by atoms with van der Waals surface area (Å²) in [6, 6.07) is 71.1. The lowest BCUT2D eigenvalue weighted by molar-refractivity contribution is 0.445. The summed E-state index contributed by atoms with van der Waals surface area (Å²) in [5.74, 6) is 0.569. The second-order valence-corrected chi connectivity index (χ2v) is 15.8. The van der Waals surface area contributed by atoms with E-state index in [1.54, 1.807) is 0 Å². The van der Waals surface area contributed by atoms with E-state index in [0.717, 1.165) is 50.1 Å². The molecule has 0 amide bonds. The molecule has 0 radical (unpaired) electrons. The van der Waals surface area contributed by atoms with Crippen LogP contribution in [0.3, 0.4) is 0 Å². The van der Waals surface area contributed by atoms with Gasteiger partial charge < -0.3 is 9.32 Å². The summed E-state index contributed by atoms with van der Waals surface area (Å²) in [4.78, 5) is 2.53. The fourth-order valence-corrected chi connectivity index (χ4v) is 9.89. The van der Waals surface area contributed by atoms with Gasteiger partial charge in [-0.3, -0.25) is 0 Å². The van der Waals surface area contributed by atoms with Gasteiger partial charge in [-0.1, -0.05) is 183 Å². The largest absolute Gasteiger partial charge is 0.456 e. The summed E-state index contributed by atoms with van der Waals surface area (Å²) < 4.78 is 6.47. The monoisotopic (exact) mass is 745 g/mol. The van der Waals surface area contributed by atoms with Crippen molar-refractivity contribution in [3.05, 3.63) is 200 Å². The number of anilines is 3. The first-order chi connectivity index (χ1) is 28.8. The Morgan fingerprint density at radius 2 is 0.810 bits per heavy atom. The van der Waals surface area contributed by atoms with Gasteiger partial charge in [0.25, 0.3) is 0 Å². The third kappa shape index (κ3) is 5.79. The average Bonchev–Trinajstić information content (AvgIpc) is 3.69. The van der Waals surface area contributed by atoms with Crippen molar-refractivity contribution in [3.8, 4) is 33.4 Å². The number of benzene rings is 9. The van der Waals surface area contributed by atoms with Crippen LogP contribution in [0.4, 0.5) is 17.1 Å². The van der Waals surface area contributed by atoms with Crippen molar-refractivity contribution in [2.75, 3.05) is 4.90 Å². The van der Waals surface area contributed by atoms with Gasteiger partial charge >= 0.3 is 0 Å². The quantitative estimate of drug-likeness (QED) is 0.162. The van der Waals surface area contributed by atoms with Crippen LogP contribution in [0.1, 0.15) is 43.6 Å². The topological polar surface area (TPSA) is 16.4 Å². The standard InChI is InChI=1S/C56H43NO/c1-2-18-39(19-3-1)42-29-15-22-40-23-16-31-47(55(40)42)45-26-7-11-34-51(45)57(50-33-10-6-25-44(50)43-30-14-21-38-20-4-5-24-41(38)43)52-35-12-8-27-46(52)48-32-17-37-54-56(48)49-28-9-13-36-53(49)58-54/h4-17,20-37,39H,1-3,18-19H2. The molecule has 0 N–H and O–H groups in total. The Balaban J connectivity index is 1.22. The predicted octanol–water partition coefficient (Wildman–Crippen LogP) is 16.4. The van der Waals surface area contributed by atoms with Crippen LogP contribution in [0.5, 0.6) is 0 Å². The van der Waals surface area contributed by atoms with Crippen LogP contribution >= 0.6 is 0 Å². The predicted molar refractivity (Wildman–Crippen MR) is 246 cm³/mol. The molecule has 0 unspecified atom stereocenters. The van der Waals surface area contributed by atoms with Gasteiger partial charge in [-0.05, 0) is 92.9 Å². The Labute approximate surface area is 339 Å². The van der Waals surface area contributed by atoms with E-state index in [4.69, 9.17) is 4.42 Å². The van der Waals surface area contributed by atoms with Gasteiger partial charge in [-0.25, -0.2) is 0 Å². The maximum atomic E-state index is 6.47. The van der Waals surface area contributed by atoms with Crippen molar-refractivity contribution in [3.63, 3.8) is 0 Å². The van der Waals surface area contributed by atoms with Crippen LogP contribution in [0, 0.1) is 0 Å². The minimum absolute atomic E-state index is 0.569. The highest BCUT2D eigenvalue weighted by Gasteiger charge is 2.26. The van der Waals surface area contributed by atoms with Crippen molar-refractivity contribution in [1.29, 1.82) is 0 Å². The highest BCUT2D eigenvalue weighted by Crippen LogP contribution is 2.51. The molecular weight excluding hydrogens is 703 g/mol. The smallest absolute Gasteiger partial charge is 0.136 e. The Morgan fingerprint density at radius 1 is 0.345 bits per heavy atom. The zero-order chi connectivity index (χ0) is 38.4. The highest BCUT2D eigenvalue weighted by atomic mass is 16.3. The highest BCUT2D eigenvalue weighted by molar-refractivity contribution is 6.14. The van der Waals surface area contributed by atoms with Crippen LogP contribution in [0.15, 0.2) is 199 Å². The van der Waals surface area contributed by atoms with Gasteiger partial charge in [0.1, 0.15) is 11.2 Å². The lowest BCUT2D eigenvalue weighted by atomic mass is 9.80. The lowest BCUT2D eigenvalue weighted by Crippen LogP contribution is -2.14. The van der Waals surface area contributed by atoms with E-state index in [1.165, 1.54) is 81.5 Å².